The fourth-order valence-corrected chi connectivity index (χ4v) is 2.09. The van der Waals surface area contributed by atoms with Gasteiger partial charge in [-0.1, -0.05) is 24.3 Å². The Morgan fingerprint density at radius 1 is 1.18 bits per heavy atom. The van der Waals surface area contributed by atoms with Crippen molar-refractivity contribution in [1.82, 2.24) is 5.32 Å². The summed E-state index contributed by atoms with van der Waals surface area (Å²) in [6, 6.07) is 12.6. The summed E-state index contributed by atoms with van der Waals surface area (Å²) in [5, 5.41) is 14.7. The summed E-state index contributed by atoms with van der Waals surface area (Å²) in [7, 11) is 1.61. The SMILES string of the molecule is COc1ccc(NC(=O)NCc2cccc(CO)c2)c(C)c1. The Balaban J connectivity index is 1.92. The van der Waals surface area contributed by atoms with Crippen molar-refractivity contribution in [3.63, 3.8) is 0 Å². The molecule has 0 atom stereocenters. The third kappa shape index (κ3) is 4.23. The molecule has 0 fully saturated rings. The molecule has 2 rings (SSSR count). The number of aliphatic hydroxyl groups excluding tert-OH is 1. The standard InChI is InChI=1S/C17H20N2O3/c1-12-8-15(22-2)6-7-16(12)19-17(21)18-10-13-4-3-5-14(9-13)11-20/h3-9,20H,10-11H2,1-2H3,(H2,18,19,21). The van der Waals surface area contributed by atoms with Crippen molar-refractivity contribution in [2.45, 2.75) is 20.1 Å². The molecular formula is C17H20N2O3. The molecule has 0 aliphatic heterocycles. The highest BCUT2D eigenvalue weighted by molar-refractivity contribution is 5.90. The number of methoxy groups -OCH3 is 1. The summed E-state index contributed by atoms with van der Waals surface area (Å²) in [5.41, 5.74) is 3.43. The number of amides is 2. The molecule has 116 valence electrons. The predicted molar refractivity (Wildman–Crippen MR) is 86.0 cm³/mol. The van der Waals surface area contributed by atoms with Gasteiger partial charge < -0.3 is 20.5 Å². The minimum atomic E-state index is -0.275. The number of carbonyl (C=O) groups is 1. The van der Waals surface area contributed by atoms with Gasteiger partial charge in [0.2, 0.25) is 0 Å². The van der Waals surface area contributed by atoms with Crippen LogP contribution in [0.15, 0.2) is 42.5 Å². The second-order valence-corrected chi connectivity index (χ2v) is 4.97. The predicted octanol–water partition coefficient (Wildman–Crippen LogP) is 2.82. The molecule has 0 aliphatic rings. The Kier molecular flexibility index (Phi) is 5.38. The zero-order valence-corrected chi connectivity index (χ0v) is 12.7. The lowest BCUT2D eigenvalue weighted by Gasteiger charge is -2.11. The Morgan fingerprint density at radius 3 is 2.64 bits per heavy atom. The molecule has 0 aliphatic carbocycles. The third-order valence-electron chi connectivity index (χ3n) is 3.31. The molecule has 2 aromatic rings. The first kappa shape index (κ1) is 15.9. The van der Waals surface area contributed by atoms with Gasteiger partial charge in [-0.15, -0.1) is 0 Å². The van der Waals surface area contributed by atoms with Gasteiger partial charge in [0.05, 0.1) is 13.7 Å². The van der Waals surface area contributed by atoms with Crippen LogP contribution in [0.3, 0.4) is 0 Å². The topological polar surface area (TPSA) is 70.6 Å². The number of rotatable bonds is 5. The number of aryl methyl sites for hydroxylation is 1. The van der Waals surface area contributed by atoms with Crippen molar-refractivity contribution in [2.24, 2.45) is 0 Å². The van der Waals surface area contributed by atoms with E-state index in [9.17, 15) is 4.79 Å². The van der Waals surface area contributed by atoms with E-state index >= 15 is 0 Å². The van der Waals surface area contributed by atoms with Crippen molar-refractivity contribution in [3.8, 4) is 5.75 Å². The number of carbonyl (C=O) groups excluding carboxylic acids is 1. The average Bonchev–Trinajstić information content (AvgIpc) is 2.55. The fourth-order valence-electron chi connectivity index (χ4n) is 2.09. The van der Waals surface area contributed by atoms with E-state index in [2.05, 4.69) is 10.6 Å². The summed E-state index contributed by atoms with van der Waals surface area (Å²) < 4.78 is 5.13. The molecule has 0 aromatic heterocycles. The highest BCUT2D eigenvalue weighted by Crippen LogP contribution is 2.20. The van der Waals surface area contributed by atoms with E-state index in [1.807, 2.05) is 37.3 Å². The van der Waals surface area contributed by atoms with Gasteiger partial charge in [-0.05, 0) is 41.8 Å². The van der Waals surface area contributed by atoms with Gasteiger partial charge in [0.15, 0.2) is 0 Å². The molecule has 2 amide bonds. The molecule has 0 saturated carbocycles. The van der Waals surface area contributed by atoms with Crippen LogP contribution < -0.4 is 15.4 Å². The summed E-state index contributed by atoms with van der Waals surface area (Å²) in [4.78, 5) is 11.9. The number of hydrogen-bond donors (Lipinski definition) is 3. The monoisotopic (exact) mass is 300 g/mol. The van der Waals surface area contributed by atoms with Crippen LogP contribution in [0, 0.1) is 6.92 Å². The molecule has 0 heterocycles. The summed E-state index contributed by atoms with van der Waals surface area (Å²) in [6.07, 6.45) is 0. The number of anilines is 1. The second-order valence-electron chi connectivity index (χ2n) is 4.97. The van der Waals surface area contributed by atoms with Gasteiger partial charge in [0.1, 0.15) is 5.75 Å². The molecule has 5 heteroatoms. The maximum atomic E-state index is 11.9. The smallest absolute Gasteiger partial charge is 0.319 e. The minimum absolute atomic E-state index is 0.00885. The number of urea groups is 1. The summed E-state index contributed by atoms with van der Waals surface area (Å²) >= 11 is 0. The number of benzene rings is 2. The first-order valence-corrected chi connectivity index (χ1v) is 7.00. The van der Waals surface area contributed by atoms with Gasteiger partial charge >= 0.3 is 6.03 Å². The summed E-state index contributed by atoms with van der Waals surface area (Å²) in [6.45, 7) is 2.29. The molecule has 0 spiro atoms. The molecule has 2 aromatic carbocycles. The first-order valence-electron chi connectivity index (χ1n) is 7.00. The van der Waals surface area contributed by atoms with E-state index in [-0.39, 0.29) is 12.6 Å². The lowest BCUT2D eigenvalue weighted by Crippen LogP contribution is -2.28. The Hall–Kier alpha value is -2.53. The van der Waals surface area contributed by atoms with Gasteiger partial charge in [0.25, 0.3) is 0 Å². The van der Waals surface area contributed by atoms with Crippen LogP contribution in [0.2, 0.25) is 0 Å². The van der Waals surface area contributed by atoms with Crippen molar-refractivity contribution in [3.05, 3.63) is 59.2 Å². The number of ether oxygens (including phenoxy) is 1. The van der Waals surface area contributed by atoms with Gasteiger partial charge in [-0.25, -0.2) is 4.79 Å². The highest BCUT2D eigenvalue weighted by Gasteiger charge is 2.05. The van der Waals surface area contributed by atoms with Crippen LogP contribution in [0.5, 0.6) is 5.75 Å². The van der Waals surface area contributed by atoms with Gasteiger partial charge in [-0.2, -0.15) is 0 Å². The average molecular weight is 300 g/mol. The van der Waals surface area contributed by atoms with Crippen LogP contribution in [-0.4, -0.2) is 18.2 Å². The van der Waals surface area contributed by atoms with E-state index in [0.29, 0.717) is 6.54 Å². The van der Waals surface area contributed by atoms with E-state index < -0.39 is 0 Å². The first-order chi connectivity index (χ1) is 10.6. The molecule has 0 saturated heterocycles. The van der Waals surface area contributed by atoms with Crippen LogP contribution in [0.25, 0.3) is 0 Å². The normalized spacial score (nSPS) is 10.1. The Labute approximate surface area is 129 Å². The van der Waals surface area contributed by atoms with E-state index in [1.54, 1.807) is 19.2 Å². The van der Waals surface area contributed by atoms with Crippen molar-refractivity contribution >= 4 is 11.7 Å². The Bertz CT molecular complexity index is 656. The number of hydrogen-bond acceptors (Lipinski definition) is 3. The molecule has 22 heavy (non-hydrogen) atoms. The van der Waals surface area contributed by atoms with Gasteiger partial charge in [-0.3, -0.25) is 0 Å². The van der Waals surface area contributed by atoms with E-state index in [1.165, 1.54) is 0 Å². The lowest BCUT2D eigenvalue weighted by atomic mass is 10.1. The molecule has 3 N–H and O–H groups in total. The number of aliphatic hydroxyl groups is 1. The molecular weight excluding hydrogens is 280 g/mol. The summed E-state index contributed by atoms with van der Waals surface area (Å²) in [5.74, 6) is 0.754. The van der Waals surface area contributed by atoms with Crippen molar-refractivity contribution in [1.29, 1.82) is 0 Å². The van der Waals surface area contributed by atoms with E-state index in [0.717, 1.165) is 28.1 Å². The lowest BCUT2D eigenvalue weighted by molar-refractivity contribution is 0.251. The van der Waals surface area contributed by atoms with Crippen LogP contribution in [0.4, 0.5) is 10.5 Å². The zero-order chi connectivity index (χ0) is 15.9. The quantitative estimate of drug-likeness (QED) is 0.795. The molecule has 0 radical (unpaired) electrons. The maximum Gasteiger partial charge on any atom is 0.319 e. The minimum Gasteiger partial charge on any atom is -0.497 e. The zero-order valence-electron chi connectivity index (χ0n) is 12.7. The molecule has 0 unspecified atom stereocenters. The Morgan fingerprint density at radius 2 is 1.95 bits per heavy atom. The maximum absolute atomic E-state index is 11.9. The van der Waals surface area contributed by atoms with Gasteiger partial charge in [0, 0.05) is 12.2 Å². The van der Waals surface area contributed by atoms with E-state index in [4.69, 9.17) is 9.84 Å². The number of nitrogens with one attached hydrogen (secondary N) is 2. The third-order valence-corrected chi connectivity index (χ3v) is 3.31. The largest absolute Gasteiger partial charge is 0.497 e. The highest BCUT2D eigenvalue weighted by atomic mass is 16.5. The van der Waals surface area contributed by atoms with Crippen LogP contribution >= 0.6 is 0 Å². The molecule has 5 nitrogen and oxygen atoms in total. The van der Waals surface area contributed by atoms with Crippen molar-refractivity contribution < 1.29 is 14.6 Å². The van der Waals surface area contributed by atoms with Crippen molar-refractivity contribution in [2.75, 3.05) is 12.4 Å². The molecule has 0 bridgehead atoms. The van der Waals surface area contributed by atoms with Crippen LogP contribution in [-0.2, 0) is 13.2 Å². The second kappa shape index (κ2) is 7.47. The van der Waals surface area contributed by atoms with Crippen LogP contribution in [0.1, 0.15) is 16.7 Å². The fraction of sp³-hybridized carbons (Fsp3) is 0.235.